The number of likely N-dealkylation sites (tertiary alicyclic amines) is 1. The molecule has 0 saturated carbocycles. The molecule has 2 atom stereocenters. The normalized spacial score (nSPS) is 32.3. The molecule has 10 heavy (non-hydrogen) atoms. The van der Waals surface area contributed by atoms with Gasteiger partial charge in [-0.25, -0.2) is 0 Å². The molecule has 1 aliphatic rings. The molecular weight excluding hydrogens is 134 g/mol. The maximum absolute atomic E-state index is 10.2. The average Bonchev–Trinajstić information content (AvgIpc) is 2.30. The van der Waals surface area contributed by atoms with Gasteiger partial charge in [-0.3, -0.25) is 4.79 Å². The van der Waals surface area contributed by atoms with E-state index in [-0.39, 0.29) is 6.54 Å². The van der Waals surface area contributed by atoms with Gasteiger partial charge in [-0.05, 0) is 0 Å². The van der Waals surface area contributed by atoms with Crippen molar-refractivity contribution in [1.82, 2.24) is 4.90 Å². The molecular formula is C6H9NO3. The van der Waals surface area contributed by atoms with Gasteiger partial charge in [0.25, 0.3) is 0 Å². The lowest BCUT2D eigenvalue weighted by molar-refractivity contribution is -0.123. The van der Waals surface area contributed by atoms with E-state index in [2.05, 4.69) is 0 Å². The first kappa shape index (κ1) is 7.21. The van der Waals surface area contributed by atoms with E-state index in [1.165, 1.54) is 4.90 Å². The van der Waals surface area contributed by atoms with E-state index in [4.69, 9.17) is 5.11 Å². The predicted octanol–water partition coefficient (Wildman–Crippen LogP) is -1.22. The average molecular weight is 143 g/mol. The van der Waals surface area contributed by atoms with Crippen molar-refractivity contribution in [3.63, 3.8) is 0 Å². The van der Waals surface area contributed by atoms with Crippen molar-refractivity contribution in [2.75, 3.05) is 6.54 Å². The molecule has 4 heteroatoms. The fraction of sp³-hybridized carbons (Fsp3) is 0.667. The van der Waals surface area contributed by atoms with Gasteiger partial charge in [0.15, 0.2) is 0 Å². The molecule has 0 aliphatic carbocycles. The third kappa shape index (κ3) is 1.16. The van der Waals surface area contributed by atoms with Gasteiger partial charge in [0, 0.05) is 13.0 Å². The van der Waals surface area contributed by atoms with Gasteiger partial charge in [0.2, 0.25) is 6.41 Å². The number of aldehydes is 1. The Morgan fingerprint density at radius 3 is 2.60 bits per heavy atom. The summed E-state index contributed by atoms with van der Waals surface area (Å²) >= 11 is 0. The third-order valence-electron chi connectivity index (χ3n) is 1.65. The Balaban J connectivity index is 2.56. The van der Waals surface area contributed by atoms with E-state index < -0.39 is 12.1 Å². The number of carbonyl (C=O) groups is 2. The Hall–Kier alpha value is -0.900. The molecule has 0 aromatic rings. The van der Waals surface area contributed by atoms with Crippen LogP contribution in [-0.4, -0.2) is 41.4 Å². The first-order valence-electron chi connectivity index (χ1n) is 3.12. The molecule has 4 nitrogen and oxygen atoms in total. The minimum Gasteiger partial charge on any atom is -0.391 e. The molecule has 1 fully saturated rings. The van der Waals surface area contributed by atoms with Gasteiger partial charge < -0.3 is 14.8 Å². The highest BCUT2D eigenvalue weighted by Crippen LogP contribution is 2.13. The topological polar surface area (TPSA) is 57.6 Å². The first-order chi connectivity index (χ1) is 4.77. The van der Waals surface area contributed by atoms with Gasteiger partial charge >= 0.3 is 0 Å². The zero-order chi connectivity index (χ0) is 7.56. The minimum absolute atomic E-state index is 0.285. The highest BCUT2D eigenvalue weighted by Gasteiger charge is 2.28. The second-order valence-electron chi connectivity index (χ2n) is 2.40. The van der Waals surface area contributed by atoms with Crippen molar-refractivity contribution in [1.29, 1.82) is 0 Å². The zero-order valence-corrected chi connectivity index (χ0v) is 5.43. The molecule has 0 bridgehead atoms. The van der Waals surface area contributed by atoms with E-state index in [0.717, 1.165) is 0 Å². The summed E-state index contributed by atoms with van der Waals surface area (Å²) in [6.07, 6.45) is 1.13. The van der Waals surface area contributed by atoms with E-state index >= 15 is 0 Å². The summed E-state index contributed by atoms with van der Waals surface area (Å²) in [4.78, 5) is 21.7. The van der Waals surface area contributed by atoms with Crippen LogP contribution in [-0.2, 0) is 9.59 Å². The molecule has 1 amide bonds. The van der Waals surface area contributed by atoms with Crippen molar-refractivity contribution in [2.45, 2.75) is 18.6 Å². The van der Waals surface area contributed by atoms with Gasteiger partial charge in [-0.1, -0.05) is 0 Å². The molecule has 1 unspecified atom stereocenters. The molecule has 0 aromatic carbocycles. The molecule has 1 saturated heterocycles. The smallest absolute Gasteiger partial charge is 0.210 e. The minimum atomic E-state index is -0.527. The number of carbonyl (C=O) groups excluding carboxylic acids is 2. The Morgan fingerprint density at radius 1 is 1.50 bits per heavy atom. The molecule has 1 aliphatic heterocycles. The Bertz CT molecular complexity index is 132. The number of amides is 1. The quantitative estimate of drug-likeness (QED) is 0.493. The first-order valence-corrected chi connectivity index (χ1v) is 3.12. The van der Waals surface area contributed by atoms with Crippen LogP contribution in [0.1, 0.15) is 6.42 Å². The summed E-state index contributed by atoms with van der Waals surface area (Å²) in [5.41, 5.74) is 0. The maximum Gasteiger partial charge on any atom is 0.210 e. The second kappa shape index (κ2) is 2.79. The molecule has 1 rings (SSSR count). The van der Waals surface area contributed by atoms with Crippen molar-refractivity contribution in [3.8, 4) is 0 Å². The van der Waals surface area contributed by atoms with Crippen LogP contribution < -0.4 is 0 Å². The van der Waals surface area contributed by atoms with E-state index in [1.807, 2.05) is 0 Å². The molecule has 56 valence electrons. The summed E-state index contributed by atoms with van der Waals surface area (Å²) < 4.78 is 0. The number of β-amino-alcohol motifs (C(OH)–C–C–N with tert-alkyl or cyclic N) is 1. The van der Waals surface area contributed by atoms with Crippen LogP contribution in [0.25, 0.3) is 0 Å². The van der Waals surface area contributed by atoms with Crippen LogP contribution in [0.3, 0.4) is 0 Å². The van der Waals surface area contributed by atoms with Crippen LogP contribution in [0.15, 0.2) is 0 Å². The molecule has 1 heterocycles. The fourth-order valence-corrected chi connectivity index (χ4v) is 1.12. The van der Waals surface area contributed by atoms with E-state index in [9.17, 15) is 9.59 Å². The van der Waals surface area contributed by atoms with E-state index in [1.54, 1.807) is 0 Å². The summed E-state index contributed by atoms with van der Waals surface area (Å²) in [6.45, 7) is 0.285. The lowest BCUT2D eigenvalue weighted by Gasteiger charge is -2.11. The summed E-state index contributed by atoms with van der Waals surface area (Å²) in [5.74, 6) is 0. The number of nitrogens with zero attached hydrogens (tertiary/aromatic N) is 1. The predicted molar refractivity (Wildman–Crippen MR) is 33.2 cm³/mol. The monoisotopic (exact) mass is 143 g/mol. The van der Waals surface area contributed by atoms with Crippen molar-refractivity contribution >= 4 is 12.7 Å². The second-order valence-corrected chi connectivity index (χ2v) is 2.40. The van der Waals surface area contributed by atoms with Crippen molar-refractivity contribution in [3.05, 3.63) is 0 Å². The summed E-state index contributed by atoms with van der Waals surface area (Å²) in [6, 6.07) is -0.410. The van der Waals surface area contributed by atoms with Crippen molar-refractivity contribution in [2.24, 2.45) is 0 Å². The standard InChI is InChI=1S/C6H9NO3/c8-3-5-1-6(10)2-7(5)4-9/h3-6,10H,1-2H2/t5?,6-/m1/s1. The highest BCUT2D eigenvalue weighted by molar-refractivity contribution is 5.64. The van der Waals surface area contributed by atoms with Gasteiger partial charge in [-0.15, -0.1) is 0 Å². The fourth-order valence-electron chi connectivity index (χ4n) is 1.12. The van der Waals surface area contributed by atoms with Gasteiger partial charge in [-0.2, -0.15) is 0 Å². The van der Waals surface area contributed by atoms with Crippen LogP contribution >= 0.6 is 0 Å². The van der Waals surface area contributed by atoms with Crippen LogP contribution in [0.5, 0.6) is 0 Å². The van der Waals surface area contributed by atoms with Crippen LogP contribution in [0, 0.1) is 0 Å². The summed E-state index contributed by atoms with van der Waals surface area (Å²) in [7, 11) is 0. The maximum atomic E-state index is 10.2. The Kier molecular flexibility index (Phi) is 2.01. The molecule has 0 spiro atoms. The number of hydrogen-bond donors (Lipinski definition) is 1. The van der Waals surface area contributed by atoms with Crippen LogP contribution in [0.4, 0.5) is 0 Å². The lowest BCUT2D eigenvalue weighted by Crippen LogP contribution is -2.29. The SMILES string of the molecule is O=CC1C[C@@H](O)CN1C=O. The molecule has 0 radical (unpaired) electrons. The number of rotatable bonds is 2. The van der Waals surface area contributed by atoms with E-state index in [0.29, 0.717) is 19.1 Å². The highest BCUT2D eigenvalue weighted by atomic mass is 16.3. The van der Waals surface area contributed by atoms with Crippen LogP contribution in [0.2, 0.25) is 0 Å². The summed E-state index contributed by atoms with van der Waals surface area (Å²) in [5, 5.41) is 8.97. The van der Waals surface area contributed by atoms with Gasteiger partial charge in [0.1, 0.15) is 6.29 Å². The number of hydrogen-bond acceptors (Lipinski definition) is 3. The number of aliphatic hydroxyl groups is 1. The van der Waals surface area contributed by atoms with Crippen molar-refractivity contribution < 1.29 is 14.7 Å². The lowest BCUT2D eigenvalue weighted by atomic mass is 10.2. The molecule has 1 N–H and O–H groups in total. The molecule has 0 aromatic heterocycles. The zero-order valence-electron chi connectivity index (χ0n) is 5.43. The Labute approximate surface area is 58.4 Å². The number of aliphatic hydroxyl groups excluding tert-OH is 1. The largest absolute Gasteiger partial charge is 0.391 e. The third-order valence-corrected chi connectivity index (χ3v) is 1.65. The van der Waals surface area contributed by atoms with Gasteiger partial charge in [0.05, 0.1) is 12.1 Å². The Morgan fingerprint density at radius 2 is 2.20 bits per heavy atom.